The molecule has 0 radical (unpaired) electrons. The van der Waals surface area contributed by atoms with Gasteiger partial charge in [0.15, 0.2) is 5.69 Å². The van der Waals surface area contributed by atoms with Crippen molar-refractivity contribution >= 4 is 28.8 Å². The molecule has 0 unspecified atom stereocenters. The van der Waals surface area contributed by atoms with Crippen LogP contribution in [0.2, 0.25) is 0 Å². The first kappa shape index (κ1) is 10.5. The summed E-state index contributed by atoms with van der Waals surface area (Å²) in [7, 11) is 0. The van der Waals surface area contributed by atoms with Crippen molar-refractivity contribution in [2.24, 2.45) is 4.99 Å². The molecule has 0 saturated carbocycles. The highest BCUT2D eigenvalue weighted by molar-refractivity contribution is 7.78. The number of halogens is 1. The number of hydrogen-bond acceptors (Lipinski definition) is 3. The molecule has 0 aliphatic rings. The molecule has 5 heteroatoms. The van der Waals surface area contributed by atoms with Crippen LogP contribution in [-0.4, -0.2) is 10.3 Å². The average Bonchev–Trinajstić information content (AvgIpc) is 2.21. The Kier molecular flexibility index (Phi) is 3.43. The maximum atomic E-state index is 13.4. The number of hydrogen-bond donors (Lipinski definition) is 1. The molecule has 0 atom stereocenters. The molecule has 0 saturated heterocycles. The van der Waals surface area contributed by atoms with E-state index in [2.05, 4.69) is 22.1 Å². The Morgan fingerprint density at radius 3 is 2.86 bits per heavy atom. The average molecular weight is 208 g/mol. The number of benzene rings is 1. The molecule has 1 rings (SSSR count). The zero-order chi connectivity index (χ0) is 10.6. The van der Waals surface area contributed by atoms with Crippen molar-refractivity contribution in [3.63, 3.8) is 0 Å². The summed E-state index contributed by atoms with van der Waals surface area (Å²) in [5, 5.41) is 10.9. The van der Waals surface area contributed by atoms with Crippen LogP contribution in [0.5, 0.6) is 0 Å². The van der Waals surface area contributed by atoms with Gasteiger partial charge in [-0.05, 0) is 18.3 Å². The fourth-order valence-corrected chi connectivity index (χ4v) is 1.09. The topological polar surface area (TPSA) is 37.0 Å². The van der Waals surface area contributed by atoms with Crippen LogP contribution >= 0.6 is 12.2 Å². The highest BCUT2D eigenvalue weighted by Gasteiger charge is 2.11. The largest absolute Gasteiger partial charge is 0.393 e. The van der Waals surface area contributed by atoms with Crippen LogP contribution in [0.4, 0.5) is 15.8 Å². The van der Waals surface area contributed by atoms with E-state index in [0.717, 1.165) is 0 Å². The van der Waals surface area contributed by atoms with Crippen molar-refractivity contribution in [2.45, 2.75) is 6.61 Å². The van der Waals surface area contributed by atoms with Crippen LogP contribution < -0.4 is 0 Å². The van der Waals surface area contributed by atoms with Gasteiger partial charge in [-0.15, -0.1) is 0 Å². The summed E-state index contributed by atoms with van der Waals surface area (Å²) in [6.07, 6.45) is 0. The minimum absolute atomic E-state index is 0.0172. The maximum Gasteiger partial charge on any atom is 0.195 e. The van der Waals surface area contributed by atoms with E-state index in [9.17, 15) is 4.39 Å². The second-order valence-corrected chi connectivity index (χ2v) is 2.55. The third kappa shape index (κ3) is 1.83. The maximum absolute atomic E-state index is 13.4. The monoisotopic (exact) mass is 208 g/mol. The lowest BCUT2D eigenvalue weighted by molar-refractivity contribution is 0.277. The first-order chi connectivity index (χ1) is 6.74. The van der Waals surface area contributed by atoms with Crippen LogP contribution in [0.15, 0.2) is 17.1 Å². The van der Waals surface area contributed by atoms with Crippen LogP contribution in [-0.2, 0) is 6.61 Å². The molecule has 0 amide bonds. The zero-order valence-electron chi connectivity index (χ0n) is 6.99. The number of nitrogens with zero attached hydrogens (tertiary/aromatic N) is 2. The van der Waals surface area contributed by atoms with Crippen molar-refractivity contribution < 1.29 is 9.50 Å². The Labute approximate surface area is 85.3 Å². The van der Waals surface area contributed by atoms with E-state index in [4.69, 9.17) is 11.7 Å². The number of aliphatic hydroxyl groups is 1. The van der Waals surface area contributed by atoms with Crippen molar-refractivity contribution in [1.29, 1.82) is 0 Å². The molecule has 0 bridgehead atoms. The molecular weight excluding hydrogens is 203 g/mol. The molecule has 1 aromatic rings. The lowest BCUT2D eigenvalue weighted by Gasteiger charge is -2.03. The van der Waals surface area contributed by atoms with Crippen molar-refractivity contribution in [1.82, 2.24) is 0 Å². The van der Waals surface area contributed by atoms with E-state index in [1.54, 1.807) is 0 Å². The fourth-order valence-electron chi connectivity index (χ4n) is 0.989. The molecule has 1 N–H and O–H groups in total. The number of aliphatic imine (C=N–C) groups is 1. The molecule has 0 aliphatic heterocycles. The van der Waals surface area contributed by atoms with Crippen LogP contribution in [0.25, 0.3) is 4.85 Å². The quantitative estimate of drug-likeness (QED) is 0.460. The fraction of sp³-hybridized carbons (Fsp3) is 0.111. The van der Waals surface area contributed by atoms with Crippen LogP contribution in [0, 0.1) is 12.4 Å². The van der Waals surface area contributed by atoms with Crippen molar-refractivity contribution in [3.05, 3.63) is 34.9 Å². The highest BCUT2D eigenvalue weighted by atomic mass is 32.1. The van der Waals surface area contributed by atoms with E-state index in [-0.39, 0.29) is 16.9 Å². The first-order valence-corrected chi connectivity index (χ1v) is 4.03. The lowest BCUT2D eigenvalue weighted by Crippen LogP contribution is -1.90. The number of rotatable bonds is 2. The highest BCUT2D eigenvalue weighted by Crippen LogP contribution is 2.29. The molecule has 70 valence electrons. The first-order valence-electron chi connectivity index (χ1n) is 3.62. The minimum Gasteiger partial charge on any atom is -0.393 e. The van der Waals surface area contributed by atoms with E-state index >= 15 is 0 Å². The number of isothiocyanates is 1. The Balaban J connectivity index is 3.43. The summed E-state index contributed by atoms with van der Waals surface area (Å²) in [6.45, 7) is 6.20. The molecule has 0 aromatic heterocycles. The predicted octanol–water partition coefficient (Wildman–Crippen LogP) is 2.60. The number of thiocarbonyl (C=S) groups is 1. The molecule has 0 aliphatic carbocycles. The summed E-state index contributed by atoms with van der Waals surface area (Å²) >= 11 is 4.33. The SMILES string of the molecule is [C-]#[N+]c1ccc(N=C=S)c(F)c1CO. The van der Waals surface area contributed by atoms with Crippen molar-refractivity contribution in [2.75, 3.05) is 0 Å². The second kappa shape index (κ2) is 4.58. The van der Waals surface area contributed by atoms with Gasteiger partial charge in [0, 0.05) is 5.56 Å². The van der Waals surface area contributed by atoms with Gasteiger partial charge in [0.25, 0.3) is 0 Å². The summed E-state index contributed by atoms with van der Waals surface area (Å²) in [4.78, 5) is 6.53. The van der Waals surface area contributed by atoms with E-state index in [1.807, 2.05) is 5.16 Å². The molecule has 0 fully saturated rings. The Morgan fingerprint density at radius 1 is 1.64 bits per heavy atom. The van der Waals surface area contributed by atoms with Crippen LogP contribution in [0.3, 0.4) is 0 Å². The second-order valence-electron chi connectivity index (χ2n) is 2.37. The third-order valence-corrected chi connectivity index (χ3v) is 1.73. The van der Waals surface area contributed by atoms with Crippen LogP contribution in [0.1, 0.15) is 5.56 Å². The Morgan fingerprint density at radius 2 is 2.36 bits per heavy atom. The van der Waals surface area contributed by atoms with Crippen molar-refractivity contribution in [3.8, 4) is 0 Å². The molecule has 14 heavy (non-hydrogen) atoms. The predicted molar refractivity (Wildman–Crippen MR) is 53.3 cm³/mol. The molecule has 3 nitrogen and oxygen atoms in total. The summed E-state index contributed by atoms with van der Waals surface area (Å²) in [5.74, 6) is -0.724. The van der Waals surface area contributed by atoms with E-state index in [1.165, 1.54) is 12.1 Å². The van der Waals surface area contributed by atoms with Gasteiger partial charge < -0.3 is 5.11 Å². The van der Waals surface area contributed by atoms with Gasteiger partial charge in [-0.25, -0.2) is 9.24 Å². The molecular formula is C9H5FN2OS. The third-order valence-electron chi connectivity index (χ3n) is 1.64. The summed E-state index contributed by atoms with van der Waals surface area (Å²) in [6, 6.07) is 2.70. The van der Waals surface area contributed by atoms with Gasteiger partial charge in [0.1, 0.15) is 11.5 Å². The molecule has 0 spiro atoms. The van der Waals surface area contributed by atoms with Gasteiger partial charge >= 0.3 is 0 Å². The summed E-state index contributed by atoms with van der Waals surface area (Å²) in [5.41, 5.74) is -0.00346. The normalized spacial score (nSPS) is 8.93. The van der Waals surface area contributed by atoms with Gasteiger partial charge in [-0.2, -0.15) is 4.99 Å². The standard InChI is InChI=1S/C9H5FN2OS/c1-11-7-2-3-8(12-5-14)9(10)6(7)4-13/h2-3,13H,4H2. The Bertz CT molecular complexity index is 447. The van der Waals surface area contributed by atoms with Gasteiger partial charge in [0.05, 0.1) is 18.3 Å². The smallest absolute Gasteiger partial charge is 0.195 e. The van der Waals surface area contributed by atoms with Gasteiger partial charge in [0.2, 0.25) is 0 Å². The van der Waals surface area contributed by atoms with E-state index in [0.29, 0.717) is 0 Å². The van der Waals surface area contributed by atoms with Gasteiger partial charge in [-0.1, -0.05) is 6.07 Å². The Hall–Kier alpha value is -1.60. The lowest BCUT2D eigenvalue weighted by atomic mass is 10.1. The molecule has 1 aromatic carbocycles. The zero-order valence-corrected chi connectivity index (χ0v) is 7.81. The van der Waals surface area contributed by atoms with Gasteiger partial charge in [-0.3, -0.25) is 0 Å². The molecule has 0 heterocycles. The summed E-state index contributed by atoms with van der Waals surface area (Å²) < 4.78 is 13.4. The van der Waals surface area contributed by atoms with E-state index < -0.39 is 12.4 Å². The number of aliphatic hydroxyl groups excluding tert-OH is 1. The minimum atomic E-state index is -0.724.